The number of benzene rings is 3. The number of methoxy groups -OCH3 is 1. The van der Waals surface area contributed by atoms with Crippen LogP contribution in [-0.4, -0.2) is 55.6 Å². The van der Waals surface area contributed by atoms with Crippen molar-refractivity contribution in [2.75, 3.05) is 23.6 Å². The highest BCUT2D eigenvalue weighted by molar-refractivity contribution is 6.71. The summed E-state index contributed by atoms with van der Waals surface area (Å²) in [4.78, 5) is 40.6. The number of nitrogens with zero attached hydrogens (tertiary/aromatic N) is 3. The number of aliphatic hydroxyl groups is 1. The van der Waals surface area contributed by atoms with Gasteiger partial charge in [0, 0.05) is 36.5 Å². The van der Waals surface area contributed by atoms with Gasteiger partial charge in [0.25, 0.3) is 5.91 Å². The summed E-state index contributed by atoms with van der Waals surface area (Å²) in [5, 5.41) is 16.0. The zero-order valence-electron chi connectivity index (χ0n) is 25.6. The van der Waals surface area contributed by atoms with Crippen molar-refractivity contribution in [3.8, 4) is 5.75 Å². The molecular weight excluding hydrogens is 574 g/mol. The van der Waals surface area contributed by atoms with E-state index in [1.54, 1.807) is 12.0 Å². The predicted octanol–water partition coefficient (Wildman–Crippen LogP) is 4.95. The Kier molecular flexibility index (Phi) is 7.96. The lowest BCUT2D eigenvalue weighted by atomic mass is 9.82. The van der Waals surface area contributed by atoms with Crippen molar-refractivity contribution in [3.05, 3.63) is 89.5 Å². The molecule has 3 aliphatic rings. The Morgan fingerprint density at radius 3 is 2.52 bits per heavy atom. The van der Waals surface area contributed by atoms with E-state index in [9.17, 15) is 19.5 Å². The van der Waals surface area contributed by atoms with Gasteiger partial charge in [0.15, 0.2) is 13.9 Å². The van der Waals surface area contributed by atoms with E-state index in [0.29, 0.717) is 42.0 Å². The van der Waals surface area contributed by atoms with E-state index in [-0.39, 0.29) is 36.4 Å². The summed E-state index contributed by atoms with van der Waals surface area (Å²) in [5.74, 6) is -0.0211. The molecule has 3 aromatic rings. The van der Waals surface area contributed by atoms with Crippen molar-refractivity contribution >= 4 is 37.2 Å². The van der Waals surface area contributed by atoms with Crippen molar-refractivity contribution in [3.63, 3.8) is 0 Å². The number of hydrogen-bond acceptors (Lipinski definition) is 7. The number of carbonyl (C=O) groups excluding carboxylic acids is 2. The van der Waals surface area contributed by atoms with Gasteiger partial charge in [-0.1, -0.05) is 49.4 Å². The van der Waals surface area contributed by atoms with Gasteiger partial charge >= 0.3 is 0 Å². The number of ether oxygens (including phenoxy) is 2. The molecule has 0 radical (unpaired) electrons. The number of carbonyl (C=O) groups is 2. The molecular formula is C34H39N3O6Si. The van der Waals surface area contributed by atoms with E-state index < -0.39 is 20.0 Å². The molecule has 2 amide bonds. The molecule has 44 heavy (non-hydrogen) atoms. The van der Waals surface area contributed by atoms with Gasteiger partial charge in [-0.2, -0.15) is 5.10 Å². The Hall–Kier alpha value is -3.83. The Bertz CT molecular complexity index is 1610. The first-order valence-electron chi connectivity index (χ1n) is 15.1. The molecule has 0 unspecified atom stereocenters. The lowest BCUT2D eigenvalue weighted by molar-refractivity contribution is -0.146. The van der Waals surface area contributed by atoms with Crippen LogP contribution in [0, 0.1) is 5.92 Å². The summed E-state index contributed by atoms with van der Waals surface area (Å²) in [7, 11) is -1.22. The van der Waals surface area contributed by atoms with E-state index in [0.717, 1.165) is 16.8 Å². The summed E-state index contributed by atoms with van der Waals surface area (Å²) in [6, 6.07) is 23.0. The van der Waals surface area contributed by atoms with Gasteiger partial charge in [0.05, 0.1) is 36.8 Å². The van der Waals surface area contributed by atoms with Gasteiger partial charge in [-0.15, -0.1) is 0 Å². The maximum Gasteiger partial charge on any atom is 0.264 e. The standard InChI is InChI=1S/C34H39N3O6Si/c1-22-32(44(3,4)41)30(17-18-38)43-34(22)27-20-26(42-2)13-15-29(27)36(33(34)40)21-23-9-8-12-25(19-23)37-31(39)16-14-28(35-37)24-10-6-5-7-11-24/h5-13,15,19-20,22,30,32,38,41H,14,16-18,21H2,1-4H3/t22-,30+,32-,34+/m0/s1. The van der Waals surface area contributed by atoms with Gasteiger partial charge < -0.3 is 24.3 Å². The fourth-order valence-corrected chi connectivity index (χ4v) is 9.90. The summed E-state index contributed by atoms with van der Waals surface area (Å²) >= 11 is 0. The Labute approximate surface area is 258 Å². The Morgan fingerprint density at radius 1 is 1.05 bits per heavy atom. The van der Waals surface area contributed by atoms with Crippen LogP contribution in [-0.2, 0) is 26.5 Å². The van der Waals surface area contributed by atoms with E-state index in [4.69, 9.17) is 14.6 Å². The van der Waals surface area contributed by atoms with Crippen LogP contribution in [0.1, 0.15) is 42.9 Å². The SMILES string of the molecule is COc1ccc2c(c1)[C@@]1(O[C@H](CCO)[C@@H]([Si](C)(C)O)[C@@H]1C)C(=O)N2Cc1cccc(N2N=C(c3ccccc3)CCC2=O)c1. The van der Waals surface area contributed by atoms with Gasteiger partial charge in [-0.3, -0.25) is 9.59 Å². The monoisotopic (exact) mass is 613 g/mol. The van der Waals surface area contributed by atoms with Crippen LogP contribution in [0.25, 0.3) is 0 Å². The maximum atomic E-state index is 14.6. The third-order valence-electron chi connectivity index (χ3n) is 9.24. The average molecular weight is 614 g/mol. The molecule has 1 saturated heterocycles. The summed E-state index contributed by atoms with van der Waals surface area (Å²) in [5.41, 5.74) is 3.14. The molecule has 9 nitrogen and oxygen atoms in total. The van der Waals surface area contributed by atoms with E-state index in [1.165, 1.54) is 5.01 Å². The number of amides is 2. The van der Waals surface area contributed by atoms with Crippen molar-refractivity contribution < 1.29 is 29.0 Å². The average Bonchev–Trinajstić information content (AvgIpc) is 3.44. The van der Waals surface area contributed by atoms with Gasteiger partial charge in [-0.05, 0) is 61.0 Å². The summed E-state index contributed by atoms with van der Waals surface area (Å²) < 4.78 is 12.2. The first-order chi connectivity index (χ1) is 21.1. The normalized spacial score (nSPS) is 25.0. The fourth-order valence-electron chi connectivity index (χ4n) is 7.30. The van der Waals surface area contributed by atoms with Gasteiger partial charge in [-0.25, -0.2) is 5.01 Å². The topological polar surface area (TPSA) is 112 Å². The molecule has 0 saturated carbocycles. The highest BCUT2D eigenvalue weighted by Crippen LogP contribution is 2.60. The van der Waals surface area contributed by atoms with E-state index >= 15 is 0 Å². The predicted molar refractivity (Wildman–Crippen MR) is 171 cm³/mol. The van der Waals surface area contributed by atoms with Crippen LogP contribution < -0.4 is 14.6 Å². The van der Waals surface area contributed by atoms with Crippen LogP contribution in [0.15, 0.2) is 77.9 Å². The smallest absolute Gasteiger partial charge is 0.264 e. The molecule has 1 fully saturated rings. The zero-order chi connectivity index (χ0) is 31.2. The van der Waals surface area contributed by atoms with Crippen molar-refractivity contribution in [1.29, 1.82) is 0 Å². The molecule has 6 rings (SSSR count). The van der Waals surface area contributed by atoms with Crippen molar-refractivity contribution in [2.24, 2.45) is 11.0 Å². The third-order valence-corrected chi connectivity index (χ3v) is 11.7. The second-order valence-corrected chi connectivity index (χ2v) is 16.4. The maximum absolute atomic E-state index is 14.6. The van der Waals surface area contributed by atoms with Crippen LogP contribution >= 0.6 is 0 Å². The molecule has 3 heterocycles. The van der Waals surface area contributed by atoms with Crippen molar-refractivity contribution in [2.45, 2.75) is 63.1 Å². The lowest BCUT2D eigenvalue weighted by Gasteiger charge is -2.32. The Morgan fingerprint density at radius 2 is 1.82 bits per heavy atom. The van der Waals surface area contributed by atoms with Gasteiger partial charge in [0.2, 0.25) is 5.91 Å². The highest BCUT2D eigenvalue weighted by atomic mass is 28.4. The number of aliphatic hydroxyl groups excluding tert-OH is 1. The number of rotatable bonds is 8. The molecule has 4 atom stereocenters. The number of hydrazone groups is 1. The second kappa shape index (κ2) is 11.6. The van der Waals surface area contributed by atoms with Crippen LogP contribution in [0.3, 0.4) is 0 Å². The minimum atomic E-state index is -2.80. The van der Waals surface area contributed by atoms with Crippen LogP contribution in [0.5, 0.6) is 5.75 Å². The molecule has 1 spiro atoms. The molecule has 2 N–H and O–H groups in total. The van der Waals surface area contributed by atoms with Crippen LogP contribution in [0.2, 0.25) is 18.6 Å². The number of hydrogen-bond donors (Lipinski definition) is 2. The second-order valence-electron chi connectivity index (χ2n) is 12.4. The van der Waals surface area contributed by atoms with E-state index in [2.05, 4.69) is 0 Å². The molecule has 10 heteroatoms. The summed E-state index contributed by atoms with van der Waals surface area (Å²) in [6.45, 7) is 5.85. The summed E-state index contributed by atoms with van der Waals surface area (Å²) in [6.07, 6.45) is 0.802. The minimum absolute atomic E-state index is 0.0830. The van der Waals surface area contributed by atoms with Gasteiger partial charge in [0.1, 0.15) is 5.75 Å². The largest absolute Gasteiger partial charge is 0.497 e. The molecule has 0 aromatic heterocycles. The minimum Gasteiger partial charge on any atom is -0.497 e. The Balaban J connectivity index is 1.37. The quantitative estimate of drug-likeness (QED) is 0.348. The molecule has 0 aliphatic carbocycles. The molecule has 0 bridgehead atoms. The first kappa shape index (κ1) is 30.2. The van der Waals surface area contributed by atoms with Crippen LogP contribution in [0.4, 0.5) is 11.4 Å². The lowest BCUT2D eigenvalue weighted by Crippen LogP contribution is -2.46. The third kappa shape index (κ3) is 5.05. The number of anilines is 2. The molecule has 3 aromatic carbocycles. The molecule has 230 valence electrons. The fraction of sp³-hybridized carbons (Fsp3) is 0.382. The first-order valence-corrected chi connectivity index (χ1v) is 18.2. The van der Waals surface area contributed by atoms with E-state index in [1.807, 2.05) is 92.8 Å². The molecule has 3 aliphatic heterocycles. The highest BCUT2D eigenvalue weighted by Gasteiger charge is 2.66. The van der Waals surface area contributed by atoms with Crippen molar-refractivity contribution in [1.82, 2.24) is 0 Å². The number of fused-ring (bicyclic) bond motifs is 2. The zero-order valence-corrected chi connectivity index (χ0v) is 26.6.